The zero-order valence-corrected chi connectivity index (χ0v) is 19.1. The van der Waals surface area contributed by atoms with E-state index >= 15 is 0 Å². The predicted octanol–water partition coefficient (Wildman–Crippen LogP) is 4.16. The van der Waals surface area contributed by atoms with Crippen molar-refractivity contribution < 1.29 is 28.2 Å². The number of ether oxygens (including phenoxy) is 3. The van der Waals surface area contributed by atoms with E-state index in [1.54, 1.807) is 48.5 Å². The van der Waals surface area contributed by atoms with Crippen molar-refractivity contribution in [2.75, 3.05) is 19.5 Å². The van der Waals surface area contributed by atoms with E-state index in [9.17, 15) is 14.0 Å². The number of rotatable bonds is 8. The maximum Gasteiger partial charge on any atom is 0.329 e. The third-order valence-corrected chi connectivity index (χ3v) is 4.90. The molecule has 0 spiro atoms. The van der Waals surface area contributed by atoms with Gasteiger partial charge in [-0.1, -0.05) is 29.8 Å². The average molecular weight is 486 g/mol. The molecule has 176 valence electrons. The highest BCUT2D eigenvalue weighted by atomic mass is 35.5. The molecule has 2 N–H and O–H groups in total. The Balaban J connectivity index is 1.57. The lowest BCUT2D eigenvalue weighted by Crippen LogP contribution is -2.32. The van der Waals surface area contributed by atoms with Crippen molar-refractivity contribution in [2.24, 2.45) is 5.10 Å². The number of hydrogen-bond acceptors (Lipinski definition) is 6. The van der Waals surface area contributed by atoms with Crippen LogP contribution in [0.3, 0.4) is 0 Å². The maximum atomic E-state index is 13.9. The predicted molar refractivity (Wildman–Crippen MR) is 126 cm³/mol. The molecule has 0 aliphatic rings. The Labute approximate surface area is 200 Å². The summed E-state index contributed by atoms with van der Waals surface area (Å²) >= 11 is 6.01. The van der Waals surface area contributed by atoms with E-state index in [4.69, 9.17) is 25.8 Å². The Morgan fingerprint density at radius 1 is 1.00 bits per heavy atom. The second-order valence-electron chi connectivity index (χ2n) is 6.78. The Morgan fingerprint density at radius 3 is 2.53 bits per heavy atom. The van der Waals surface area contributed by atoms with Gasteiger partial charge in [0.1, 0.15) is 29.7 Å². The summed E-state index contributed by atoms with van der Waals surface area (Å²) in [4.78, 5) is 24.2. The number of methoxy groups -OCH3 is 2. The summed E-state index contributed by atoms with van der Waals surface area (Å²) in [5.41, 5.74) is 3.27. The molecular formula is C24H21ClFN3O5. The molecule has 2 amide bonds. The molecule has 0 heterocycles. The number of nitrogens with one attached hydrogen (secondary N) is 2. The molecule has 3 aromatic carbocycles. The molecule has 0 unspecified atom stereocenters. The maximum absolute atomic E-state index is 13.9. The Bertz CT molecular complexity index is 1200. The monoisotopic (exact) mass is 485 g/mol. The van der Waals surface area contributed by atoms with E-state index in [2.05, 4.69) is 15.8 Å². The minimum atomic E-state index is -0.976. The first kappa shape index (κ1) is 24.5. The first-order valence-electron chi connectivity index (χ1n) is 9.93. The molecule has 0 aliphatic heterocycles. The topological polar surface area (TPSA) is 98.2 Å². The van der Waals surface area contributed by atoms with Crippen LogP contribution in [0.5, 0.6) is 17.2 Å². The van der Waals surface area contributed by atoms with Gasteiger partial charge in [-0.15, -0.1) is 0 Å². The van der Waals surface area contributed by atoms with Crippen molar-refractivity contribution >= 4 is 35.3 Å². The number of carbonyl (C=O) groups excluding carboxylic acids is 2. The molecule has 0 saturated heterocycles. The lowest BCUT2D eigenvalue weighted by Gasteiger charge is -2.11. The highest BCUT2D eigenvalue weighted by Crippen LogP contribution is 2.29. The average Bonchev–Trinajstić information content (AvgIpc) is 2.84. The van der Waals surface area contributed by atoms with Gasteiger partial charge in [-0.25, -0.2) is 9.82 Å². The molecule has 8 nitrogen and oxygen atoms in total. The summed E-state index contributed by atoms with van der Waals surface area (Å²) in [6.07, 6.45) is 1.34. The van der Waals surface area contributed by atoms with Crippen molar-refractivity contribution in [2.45, 2.75) is 6.61 Å². The molecule has 0 fully saturated rings. The van der Waals surface area contributed by atoms with E-state index in [0.29, 0.717) is 28.5 Å². The molecule has 0 bridgehead atoms. The second-order valence-corrected chi connectivity index (χ2v) is 7.19. The van der Waals surface area contributed by atoms with Crippen molar-refractivity contribution in [3.63, 3.8) is 0 Å². The highest BCUT2D eigenvalue weighted by molar-refractivity contribution is 6.39. The van der Waals surface area contributed by atoms with Crippen molar-refractivity contribution in [3.05, 3.63) is 82.6 Å². The number of anilines is 1. The quantitative estimate of drug-likeness (QED) is 0.283. The van der Waals surface area contributed by atoms with E-state index in [-0.39, 0.29) is 17.2 Å². The van der Waals surface area contributed by atoms with Gasteiger partial charge in [-0.2, -0.15) is 5.10 Å². The lowest BCUT2D eigenvalue weighted by molar-refractivity contribution is -0.136. The van der Waals surface area contributed by atoms with Crippen LogP contribution in [0.15, 0.2) is 65.8 Å². The van der Waals surface area contributed by atoms with Crippen molar-refractivity contribution in [1.82, 2.24) is 5.43 Å². The molecule has 3 rings (SSSR count). The van der Waals surface area contributed by atoms with Gasteiger partial charge in [0.2, 0.25) is 0 Å². The molecule has 0 atom stereocenters. The van der Waals surface area contributed by atoms with Gasteiger partial charge in [-0.05, 0) is 42.0 Å². The number of carbonyl (C=O) groups is 2. The molecule has 0 aliphatic carbocycles. The molecule has 0 aromatic heterocycles. The smallest absolute Gasteiger partial charge is 0.329 e. The zero-order valence-electron chi connectivity index (χ0n) is 18.3. The van der Waals surface area contributed by atoms with Gasteiger partial charge < -0.3 is 19.5 Å². The summed E-state index contributed by atoms with van der Waals surface area (Å²) in [7, 11) is 2.93. The summed E-state index contributed by atoms with van der Waals surface area (Å²) in [5, 5.41) is 6.50. The molecule has 34 heavy (non-hydrogen) atoms. The number of hydrazone groups is 1. The summed E-state index contributed by atoms with van der Waals surface area (Å²) in [5.74, 6) is -1.06. The Kier molecular flexibility index (Phi) is 8.42. The van der Waals surface area contributed by atoms with Crippen LogP contribution in [-0.4, -0.2) is 32.2 Å². The molecule has 10 heteroatoms. The fraction of sp³-hybridized carbons (Fsp3) is 0.125. The van der Waals surface area contributed by atoms with Crippen LogP contribution in [-0.2, 0) is 16.2 Å². The van der Waals surface area contributed by atoms with Crippen molar-refractivity contribution in [1.29, 1.82) is 0 Å². The van der Waals surface area contributed by atoms with Gasteiger partial charge >= 0.3 is 11.8 Å². The van der Waals surface area contributed by atoms with E-state index in [1.807, 2.05) is 0 Å². The second kappa shape index (κ2) is 11.7. The first-order chi connectivity index (χ1) is 16.4. The lowest BCUT2D eigenvalue weighted by atomic mass is 10.2. The zero-order chi connectivity index (χ0) is 24.5. The molecule has 3 aromatic rings. The number of halogens is 2. The first-order valence-corrected chi connectivity index (χ1v) is 10.3. The fourth-order valence-corrected chi connectivity index (χ4v) is 3.03. The highest BCUT2D eigenvalue weighted by Gasteiger charge is 2.16. The summed E-state index contributed by atoms with van der Waals surface area (Å²) in [6, 6.07) is 15.8. The number of hydrogen-bond donors (Lipinski definition) is 2. The van der Waals surface area contributed by atoms with Crippen LogP contribution in [0.4, 0.5) is 10.1 Å². The molecule has 0 saturated carbocycles. The third kappa shape index (κ3) is 6.46. The fourth-order valence-electron chi connectivity index (χ4n) is 2.81. The van der Waals surface area contributed by atoms with Gasteiger partial charge in [-0.3, -0.25) is 9.59 Å². The van der Waals surface area contributed by atoms with E-state index in [0.717, 1.165) is 0 Å². The van der Waals surface area contributed by atoms with E-state index < -0.39 is 17.6 Å². The summed E-state index contributed by atoms with van der Waals surface area (Å²) < 4.78 is 29.8. The standard InChI is InChI=1S/C24H21ClFN3O5/c1-32-16-9-10-21(22(12-16)33-2)28-23(30)24(31)29-27-13-15-5-3-6-17(11-15)34-14-18-19(25)7-4-8-20(18)26/h3-13H,14H2,1-2H3,(H,28,30)(H,29,31). The largest absolute Gasteiger partial charge is 0.497 e. The van der Waals surface area contributed by atoms with Crippen LogP contribution in [0.1, 0.15) is 11.1 Å². The SMILES string of the molecule is COc1ccc(NC(=O)C(=O)NN=Cc2cccc(OCc3c(F)cccc3Cl)c2)c(OC)c1. The Hall–Kier alpha value is -4.11. The van der Waals surface area contributed by atoms with Gasteiger partial charge in [0.25, 0.3) is 0 Å². The summed E-state index contributed by atoms with van der Waals surface area (Å²) in [6.45, 7) is -0.0577. The Morgan fingerprint density at radius 2 is 1.79 bits per heavy atom. The van der Waals surface area contributed by atoms with Crippen LogP contribution in [0.2, 0.25) is 5.02 Å². The normalized spacial score (nSPS) is 10.6. The number of nitrogens with zero attached hydrogens (tertiary/aromatic N) is 1. The molecule has 0 radical (unpaired) electrons. The van der Waals surface area contributed by atoms with E-state index in [1.165, 1.54) is 32.6 Å². The minimum absolute atomic E-state index is 0.0577. The molecular weight excluding hydrogens is 465 g/mol. The number of amides is 2. The van der Waals surface area contributed by atoms with Crippen LogP contribution in [0, 0.1) is 5.82 Å². The van der Waals surface area contributed by atoms with Crippen LogP contribution in [0.25, 0.3) is 0 Å². The van der Waals surface area contributed by atoms with Crippen LogP contribution >= 0.6 is 11.6 Å². The van der Waals surface area contributed by atoms with Crippen molar-refractivity contribution in [3.8, 4) is 17.2 Å². The minimum Gasteiger partial charge on any atom is -0.497 e. The van der Waals surface area contributed by atoms with Gasteiger partial charge in [0, 0.05) is 11.6 Å². The third-order valence-electron chi connectivity index (χ3n) is 4.55. The van der Waals surface area contributed by atoms with Crippen LogP contribution < -0.4 is 25.0 Å². The number of benzene rings is 3. The van der Waals surface area contributed by atoms with Gasteiger partial charge in [0.15, 0.2) is 0 Å². The van der Waals surface area contributed by atoms with Gasteiger partial charge in [0.05, 0.1) is 31.1 Å².